The summed E-state index contributed by atoms with van der Waals surface area (Å²) in [6.45, 7) is 9.94. The van der Waals surface area contributed by atoms with Crippen LogP contribution in [0.2, 0.25) is 0 Å². The quantitative estimate of drug-likeness (QED) is 0.0400. The molecule has 2 rings (SSSR count). The molecule has 322 valence electrons. The maximum Gasteiger partial charge on any atom is 0.306 e. The van der Waals surface area contributed by atoms with E-state index in [1.165, 1.54) is 148 Å². The monoisotopic (exact) mass is 774 g/mol. The number of ether oxygens (including phenoxy) is 1. The summed E-state index contributed by atoms with van der Waals surface area (Å²) in [6, 6.07) is -0.327. The van der Waals surface area contributed by atoms with Crippen LogP contribution in [-0.4, -0.2) is 72.5 Å². The number of nitrogens with one attached hydrogen (secondary N) is 1. The molecule has 0 radical (unpaired) electrons. The van der Waals surface area contributed by atoms with E-state index >= 15 is 0 Å². The third-order valence-corrected chi connectivity index (χ3v) is 12.7. The van der Waals surface area contributed by atoms with Gasteiger partial charge in [0.15, 0.2) is 6.61 Å². The van der Waals surface area contributed by atoms with Gasteiger partial charge >= 0.3 is 5.97 Å². The summed E-state index contributed by atoms with van der Waals surface area (Å²) in [7, 11) is 0. The van der Waals surface area contributed by atoms with Gasteiger partial charge in [0.05, 0.1) is 0 Å². The Labute approximate surface area is 341 Å². The fraction of sp³-hybridized carbons (Fsp3) is 0.938. The highest BCUT2D eigenvalue weighted by Crippen LogP contribution is 2.21. The van der Waals surface area contributed by atoms with Crippen molar-refractivity contribution in [1.29, 1.82) is 0 Å². The van der Waals surface area contributed by atoms with Crippen molar-refractivity contribution >= 4 is 17.8 Å². The van der Waals surface area contributed by atoms with Crippen LogP contribution in [0.3, 0.4) is 0 Å². The molecule has 7 nitrogen and oxygen atoms in total. The number of hydrogen-bond donors (Lipinski definition) is 1. The van der Waals surface area contributed by atoms with Crippen LogP contribution >= 0.6 is 0 Å². The van der Waals surface area contributed by atoms with Crippen LogP contribution in [0, 0.1) is 5.92 Å². The molecule has 0 aromatic heterocycles. The number of piperidine rings is 1. The van der Waals surface area contributed by atoms with E-state index in [0.717, 1.165) is 83.3 Å². The van der Waals surface area contributed by atoms with Crippen LogP contribution in [0.5, 0.6) is 0 Å². The Balaban J connectivity index is 1.88. The molecule has 0 aromatic carbocycles. The van der Waals surface area contributed by atoms with Gasteiger partial charge in [-0.2, -0.15) is 0 Å². The third-order valence-electron chi connectivity index (χ3n) is 12.7. The molecule has 0 bridgehead atoms. The highest BCUT2D eigenvalue weighted by molar-refractivity contribution is 5.89. The minimum Gasteiger partial charge on any atom is -0.456 e. The number of unbranched alkanes of at least 4 members (excludes halogenated alkanes) is 22. The Morgan fingerprint density at radius 3 is 1.56 bits per heavy atom. The fourth-order valence-electron chi connectivity index (χ4n) is 8.73. The Morgan fingerprint density at radius 2 is 1.07 bits per heavy atom. The largest absolute Gasteiger partial charge is 0.456 e. The molecule has 2 aliphatic rings. The zero-order valence-corrected chi connectivity index (χ0v) is 36.8. The van der Waals surface area contributed by atoms with Crippen LogP contribution in [0.4, 0.5) is 0 Å². The number of likely N-dealkylation sites (tertiary alicyclic amines) is 1. The van der Waals surface area contributed by atoms with Crippen molar-refractivity contribution in [2.45, 2.75) is 251 Å². The minimum atomic E-state index is -0.516. The van der Waals surface area contributed by atoms with Gasteiger partial charge in [-0.3, -0.25) is 14.4 Å². The van der Waals surface area contributed by atoms with Crippen molar-refractivity contribution in [3.05, 3.63) is 0 Å². The lowest BCUT2D eigenvalue weighted by Crippen LogP contribution is -2.54. The molecule has 0 aromatic rings. The molecular formula is C48H91N3O4. The number of amides is 2. The second kappa shape index (κ2) is 34.4. The van der Waals surface area contributed by atoms with E-state index < -0.39 is 6.04 Å². The molecule has 1 aliphatic carbocycles. The zero-order chi connectivity index (χ0) is 39.6. The Hall–Kier alpha value is -1.63. The highest BCUT2D eigenvalue weighted by atomic mass is 16.5. The van der Waals surface area contributed by atoms with Gasteiger partial charge in [0, 0.05) is 25.6 Å². The predicted molar refractivity (Wildman–Crippen MR) is 232 cm³/mol. The van der Waals surface area contributed by atoms with Crippen LogP contribution in [0.25, 0.3) is 0 Å². The molecule has 1 saturated carbocycles. The average Bonchev–Trinajstić information content (AvgIpc) is 3.46. The summed E-state index contributed by atoms with van der Waals surface area (Å²) in [5.74, 6) is 0.236. The van der Waals surface area contributed by atoms with Crippen molar-refractivity contribution in [2.75, 3.05) is 32.8 Å². The normalized spacial score (nSPS) is 16.5. The van der Waals surface area contributed by atoms with Crippen LogP contribution in [0.1, 0.15) is 239 Å². The number of hydrogen-bond acceptors (Lipinski definition) is 5. The van der Waals surface area contributed by atoms with E-state index in [-0.39, 0.29) is 30.4 Å². The van der Waals surface area contributed by atoms with Crippen molar-refractivity contribution in [2.24, 2.45) is 5.92 Å². The molecule has 2 fully saturated rings. The van der Waals surface area contributed by atoms with Gasteiger partial charge in [-0.25, -0.2) is 0 Å². The van der Waals surface area contributed by atoms with Crippen molar-refractivity contribution < 1.29 is 19.1 Å². The van der Waals surface area contributed by atoms with E-state index in [2.05, 4.69) is 31.0 Å². The molecule has 1 unspecified atom stereocenters. The van der Waals surface area contributed by atoms with E-state index in [1.54, 1.807) is 4.90 Å². The summed E-state index contributed by atoms with van der Waals surface area (Å²) in [5, 5.41) is 3.41. The van der Waals surface area contributed by atoms with E-state index in [4.69, 9.17) is 4.74 Å². The van der Waals surface area contributed by atoms with Crippen molar-refractivity contribution in [3.63, 3.8) is 0 Å². The highest BCUT2D eigenvalue weighted by Gasteiger charge is 2.32. The molecule has 55 heavy (non-hydrogen) atoms. The standard InChI is InChI=1S/C48H91N3O4/c1-4-6-8-10-12-14-16-17-19-21-23-25-31-35-47(53)55-42-46(52)51(41-40-50-38-36-43(3)37-39-50)45(48(54)49-44-32-28-26-27-29-33-44)34-30-24-22-20-18-15-13-11-9-7-5-2/h43-45H,4-42H2,1-3H3,(H,49,54). The first-order valence-electron chi connectivity index (χ1n) is 24.4. The topological polar surface area (TPSA) is 79.0 Å². The first-order chi connectivity index (χ1) is 26.9. The number of esters is 1. The number of carbonyl (C=O) groups excluding carboxylic acids is 3. The lowest BCUT2D eigenvalue weighted by atomic mass is 9.99. The lowest BCUT2D eigenvalue weighted by molar-refractivity contribution is -0.154. The second-order valence-corrected chi connectivity index (χ2v) is 17.8. The second-order valence-electron chi connectivity index (χ2n) is 17.8. The first kappa shape index (κ1) is 49.5. The van der Waals surface area contributed by atoms with E-state index in [9.17, 15) is 14.4 Å². The molecule has 0 spiro atoms. The van der Waals surface area contributed by atoms with E-state index in [0.29, 0.717) is 19.4 Å². The Morgan fingerprint density at radius 1 is 0.618 bits per heavy atom. The van der Waals surface area contributed by atoms with Gasteiger partial charge in [0.1, 0.15) is 6.04 Å². The van der Waals surface area contributed by atoms with Gasteiger partial charge < -0.3 is 19.9 Å². The van der Waals surface area contributed by atoms with E-state index in [1.807, 2.05) is 0 Å². The molecular weight excluding hydrogens is 683 g/mol. The van der Waals surface area contributed by atoms with Gasteiger partial charge in [-0.15, -0.1) is 0 Å². The molecule has 1 heterocycles. The molecule has 1 N–H and O–H groups in total. The average molecular weight is 774 g/mol. The third kappa shape index (κ3) is 26.1. The molecule has 7 heteroatoms. The van der Waals surface area contributed by atoms with Crippen molar-refractivity contribution in [1.82, 2.24) is 15.1 Å². The number of rotatable bonds is 34. The number of carbonyl (C=O) groups is 3. The number of nitrogens with zero attached hydrogens (tertiary/aromatic N) is 2. The molecule has 2 amide bonds. The zero-order valence-electron chi connectivity index (χ0n) is 36.8. The van der Waals surface area contributed by atoms with Crippen LogP contribution in [-0.2, 0) is 19.1 Å². The summed E-state index contributed by atoms with van der Waals surface area (Å²) < 4.78 is 5.63. The Kier molecular flexibility index (Phi) is 31.0. The first-order valence-corrected chi connectivity index (χ1v) is 24.4. The summed E-state index contributed by atoms with van der Waals surface area (Å²) >= 11 is 0. The SMILES string of the molecule is CCCCCCCCCCCCCCCC(=O)OCC(=O)N(CCN1CCC(C)CC1)C(CCCCCCCCCCCCC)C(=O)NC1CCCCCC1. The smallest absolute Gasteiger partial charge is 0.306 e. The summed E-state index contributed by atoms with van der Waals surface area (Å²) in [6.07, 6.45) is 40.4. The van der Waals surface area contributed by atoms with Gasteiger partial charge in [-0.05, 0) is 57.5 Å². The van der Waals surface area contributed by atoms with Gasteiger partial charge in [0.2, 0.25) is 5.91 Å². The molecule has 1 saturated heterocycles. The molecule has 1 aliphatic heterocycles. The molecule has 1 atom stereocenters. The maximum atomic E-state index is 14.1. The minimum absolute atomic E-state index is 0.00195. The van der Waals surface area contributed by atoms with Crippen LogP contribution in [0.15, 0.2) is 0 Å². The fourth-order valence-corrected chi connectivity index (χ4v) is 8.73. The van der Waals surface area contributed by atoms with Crippen LogP contribution < -0.4 is 5.32 Å². The van der Waals surface area contributed by atoms with Gasteiger partial charge in [-0.1, -0.05) is 194 Å². The summed E-state index contributed by atoms with van der Waals surface area (Å²) in [4.78, 5) is 45.2. The predicted octanol–water partition coefficient (Wildman–Crippen LogP) is 12.5. The van der Waals surface area contributed by atoms with Gasteiger partial charge in [0.25, 0.3) is 5.91 Å². The lowest BCUT2D eigenvalue weighted by Gasteiger charge is -2.36. The maximum absolute atomic E-state index is 14.1. The Bertz CT molecular complexity index is 928. The summed E-state index contributed by atoms with van der Waals surface area (Å²) in [5.41, 5.74) is 0. The van der Waals surface area contributed by atoms with Crippen molar-refractivity contribution in [3.8, 4) is 0 Å².